The standard InChI is InChI=1S/C10H9BrClN3O2/c11-7-3-13-15-4-8(12)10(14-9(7)15)17-6-1-2-16-5-6/h3-4,6H,1-2,5H2. The number of fused-ring (bicyclic) bond motifs is 1. The van der Waals surface area contributed by atoms with Crippen molar-refractivity contribution in [2.45, 2.75) is 12.5 Å². The largest absolute Gasteiger partial charge is 0.471 e. The summed E-state index contributed by atoms with van der Waals surface area (Å²) in [6.07, 6.45) is 4.24. The zero-order valence-electron chi connectivity index (χ0n) is 8.77. The summed E-state index contributed by atoms with van der Waals surface area (Å²) in [4.78, 5) is 4.34. The number of hydrogen-bond donors (Lipinski definition) is 0. The molecule has 3 heterocycles. The Morgan fingerprint density at radius 3 is 3.24 bits per heavy atom. The number of ether oxygens (including phenoxy) is 2. The van der Waals surface area contributed by atoms with Gasteiger partial charge in [0.1, 0.15) is 11.1 Å². The van der Waals surface area contributed by atoms with Crippen LogP contribution in [0.3, 0.4) is 0 Å². The van der Waals surface area contributed by atoms with Crippen molar-refractivity contribution in [2.24, 2.45) is 0 Å². The van der Waals surface area contributed by atoms with E-state index in [1.165, 1.54) is 0 Å². The van der Waals surface area contributed by atoms with E-state index in [4.69, 9.17) is 21.1 Å². The first kappa shape index (κ1) is 11.3. The first-order valence-electron chi connectivity index (χ1n) is 5.18. The fraction of sp³-hybridized carbons (Fsp3) is 0.400. The van der Waals surface area contributed by atoms with Gasteiger partial charge >= 0.3 is 0 Å². The lowest BCUT2D eigenvalue weighted by atomic mass is 10.3. The Kier molecular flexibility index (Phi) is 2.94. The third-order valence-electron chi connectivity index (χ3n) is 2.54. The summed E-state index contributed by atoms with van der Waals surface area (Å²) in [5.41, 5.74) is 0.684. The molecule has 17 heavy (non-hydrogen) atoms. The number of rotatable bonds is 2. The topological polar surface area (TPSA) is 48.7 Å². The lowest BCUT2D eigenvalue weighted by Gasteiger charge is -2.12. The molecule has 0 radical (unpaired) electrons. The maximum atomic E-state index is 6.09. The molecule has 0 amide bonds. The molecule has 0 aliphatic carbocycles. The van der Waals surface area contributed by atoms with E-state index >= 15 is 0 Å². The van der Waals surface area contributed by atoms with E-state index in [9.17, 15) is 0 Å². The van der Waals surface area contributed by atoms with Crippen molar-refractivity contribution in [1.82, 2.24) is 14.6 Å². The smallest absolute Gasteiger partial charge is 0.236 e. The van der Waals surface area contributed by atoms with Crippen LogP contribution in [0.15, 0.2) is 16.9 Å². The summed E-state index contributed by atoms with van der Waals surface area (Å²) in [5, 5.41) is 4.54. The second-order valence-corrected chi connectivity index (χ2v) is 5.02. The van der Waals surface area contributed by atoms with Crippen LogP contribution >= 0.6 is 27.5 Å². The average Bonchev–Trinajstić information content (AvgIpc) is 2.92. The minimum absolute atomic E-state index is 0.0316. The van der Waals surface area contributed by atoms with E-state index in [0.29, 0.717) is 23.2 Å². The van der Waals surface area contributed by atoms with Gasteiger partial charge in [-0.25, -0.2) is 4.52 Å². The molecule has 1 fully saturated rings. The molecule has 2 aromatic rings. The zero-order chi connectivity index (χ0) is 11.8. The van der Waals surface area contributed by atoms with Gasteiger partial charge in [-0.2, -0.15) is 10.1 Å². The monoisotopic (exact) mass is 317 g/mol. The van der Waals surface area contributed by atoms with Crippen LogP contribution in [0.1, 0.15) is 6.42 Å². The van der Waals surface area contributed by atoms with Gasteiger partial charge in [0.05, 0.1) is 30.1 Å². The van der Waals surface area contributed by atoms with E-state index in [1.807, 2.05) is 0 Å². The SMILES string of the molecule is Clc1cn2ncc(Br)c2nc1OC1CCOC1. The van der Waals surface area contributed by atoms with E-state index in [2.05, 4.69) is 26.0 Å². The van der Waals surface area contributed by atoms with Crippen molar-refractivity contribution in [3.8, 4) is 5.88 Å². The Labute approximate surface area is 111 Å². The Morgan fingerprint density at radius 2 is 2.47 bits per heavy atom. The highest BCUT2D eigenvalue weighted by molar-refractivity contribution is 9.10. The molecule has 90 valence electrons. The van der Waals surface area contributed by atoms with Crippen LogP contribution in [0.5, 0.6) is 5.88 Å². The Balaban J connectivity index is 1.96. The van der Waals surface area contributed by atoms with Crippen molar-refractivity contribution in [1.29, 1.82) is 0 Å². The molecule has 0 aromatic carbocycles. The maximum Gasteiger partial charge on any atom is 0.236 e. The van der Waals surface area contributed by atoms with Crippen LogP contribution < -0.4 is 4.74 Å². The van der Waals surface area contributed by atoms with Crippen molar-refractivity contribution in [3.05, 3.63) is 21.9 Å². The molecule has 3 rings (SSSR count). The predicted octanol–water partition coefficient (Wildman–Crippen LogP) is 2.31. The van der Waals surface area contributed by atoms with E-state index < -0.39 is 0 Å². The number of aromatic nitrogens is 3. The molecule has 0 spiro atoms. The van der Waals surface area contributed by atoms with Gasteiger partial charge in [0.25, 0.3) is 0 Å². The molecule has 0 N–H and O–H groups in total. The third kappa shape index (κ3) is 2.12. The van der Waals surface area contributed by atoms with E-state index in [-0.39, 0.29) is 6.10 Å². The Morgan fingerprint density at radius 1 is 1.59 bits per heavy atom. The van der Waals surface area contributed by atoms with Gasteiger partial charge in [-0.1, -0.05) is 11.6 Å². The van der Waals surface area contributed by atoms with Crippen molar-refractivity contribution < 1.29 is 9.47 Å². The van der Waals surface area contributed by atoms with Crippen LogP contribution in [0.4, 0.5) is 0 Å². The van der Waals surface area contributed by atoms with Crippen molar-refractivity contribution in [3.63, 3.8) is 0 Å². The number of hydrogen-bond acceptors (Lipinski definition) is 4. The molecular weight excluding hydrogens is 309 g/mol. The highest BCUT2D eigenvalue weighted by Crippen LogP contribution is 2.27. The summed E-state index contributed by atoms with van der Waals surface area (Å²) in [7, 11) is 0. The van der Waals surface area contributed by atoms with Crippen molar-refractivity contribution >= 4 is 33.2 Å². The Bertz CT molecular complexity index is 554. The lowest BCUT2D eigenvalue weighted by molar-refractivity contribution is 0.138. The quantitative estimate of drug-likeness (QED) is 0.852. The van der Waals surface area contributed by atoms with Gasteiger partial charge in [-0.15, -0.1) is 0 Å². The molecule has 1 aliphatic rings. The molecule has 1 aliphatic heterocycles. The Hall–Kier alpha value is -0.850. The van der Waals surface area contributed by atoms with Crippen LogP contribution in [0, 0.1) is 0 Å². The molecule has 0 saturated carbocycles. The van der Waals surface area contributed by atoms with Crippen LogP contribution in [-0.2, 0) is 4.74 Å². The average molecular weight is 319 g/mol. The first-order chi connectivity index (χ1) is 8.24. The first-order valence-corrected chi connectivity index (χ1v) is 6.35. The van der Waals surface area contributed by atoms with Gasteiger partial charge in [0.2, 0.25) is 5.88 Å². The highest BCUT2D eigenvalue weighted by atomic mass is 79.9. The third-order valence-corrected chi connectivity index (χ3v) is 3.36. The predicted molar refractivity (Wildman–Crippen MR) is 65.5 cm³/mol. The van der Waals surface area contributed by atoms with Gasteiger partial charge in [0, 0.05) is 6.42 Å². The second-order valence-electron chi connectivity index (χ2n) is 3.76. The van der Waals surface area contributed by atoms with E-state index in [1.54, 1.807) is 16.9 Å². The summed E-state index contributed by atoms with van der Waals surface area (Å²) in [6.45, 7) is 1.31. The molecule has 2 aromatic heterocycles. The van der Waals surface area contributed by atoms with E-state index in [0.717, 1.165) is 17.5 Å². The van der Waals surface area contributed by atoms with Gasteiger partial charge < -0.3 is 9.47 Å². The molecule has 7 heteroatoms. The van der Waals surface area contributed by atoms with Crippen LogP contribution in [0.2, 0.25) is 5.02 Å². The number of halogens is 2. The zero-order valence-corrected chi connectivity index (χ0v) is 11.1. The molecule has 5 nitrogen and oxygen atoms in total. The van der Waals surface area contributed by atoms with Crippen LogP contribution in [0.25, 0.3) is 5.65 Å². The summed E-state index contributed by atoms with van der Waals surface area (Å²) >= 11 is 9.46. The summed E-state index contributed by atoms with van der Waals surface area (Å²) in [5.74, 6) is 0.427. The number of nitrogens with zero attached hydrogens (tertiary/aromatic N) is 3. The molecular formula is C10H9BrClN3O2. The highest BCUT2D eigenvalue weighted by Gasteiger charge is 2.20. The van der Waals surface area contributed by atoms with Gasteiger partial charge in [0.15, 0.2) is 5.65 Å². The van der Waals surface area contributed by atoms with Gasteiger partial charge in [-0.05, 0) is 15.9 Å². The van der Waals surface area contributed by atoms with Crippen molar-refractivity contribution in [2.75, 3.05) is 13.2 Å². The summed E-state index contributed by atoms with van der Waals surface area (Å²) < 4.78 is 13.4. The summed E-state index contributed by atoms with van der Waals surface area (Å²) in [6, 6.07) is 0. The van der Waals surface area contributed by atoms with Gasteiger partial charge in [-0.3, -0.25) is 0 Å². The maximum absolute atomic E-state index is 6.09. The second kappa shape index (κ2) is 4.44. The molecule has 0 bridgehead atoms. The minimum atomic E-state index is 0.0316. The normalized spacial score (nSPS) is 20.0. The fourth-order valence-electron chi connectivity index (χ4n) is 1.69. The molecule has 1 unspecified atom stereocenters. The lowest BCUT2D eigenvalue weighted by Crippen LogP contribution is -2.17. The molecule has 1 saturated heterocycles. The minimum Gasteiger partial charge on any atom is -0.471 e. The van der Waals surface area contributed by atoms with Crippen LogP contribution in [-0.4, -0.2) is 33.9 Å². The molecule has 1 atom stereocenters. The fourth-order valence-corrected chi connectivity index (χ4v) is 2.23.